The number of imidazole rings is 1. The number of nitrogens with zero attached hydrogens (tertiary/aromatic N) is 3. The lowest BCUT2D eigenvalue weighted by atomic mass is 10.3. The van der Waals surface area contributed by atoms with Gasteiger partial charge in [0.2, 0.25) is 0 Å². The van der Waals surface area contributed by atoms with Crippen LogP contribution in [-0.4, -0.2) is 9.55 Å². The van der Waals surface area contributed by atoms with E-state index in [1.807, 2.05) is 24.3 Å². The molecule has 1 heterocycles. The van der Waals surface area contributed by atoms with Crippen LogP contribution in [-0.2, 0) is 6.42 Å². The van der Waals surface area contributed by atoms with E-state index in [1.54, 1.807) is 0 Å². The van der Waals surface area contributed by atoms with E-state index in [2.05, 4.69) is 29.5 Å². The van der Waals surface area contributed by atoms with Crippen LogP contribution in [0, 0.1) is 11.3 Å². The van der Waals surface area contributed by atoms with Crippen molar-refractivity contribution in [3.63, 3.8) is 0 Å². The van der Waals surface area contributed by atoms with E-state index < -0.39 is 0 Å². The number of para-hydroxylation sites is 2. The number of aromatic nitrogens is 2. The summed E-state index contributed by atoms with van der Waals surface area (Å²) < 4.78 is 2.12. The van der Waals surface area contributed by atoms with Gasteiger partial charge in [0.05, 0.1) is 23.5 Å². The molecule has 2 rings (SSSR count). The second-order valence-electron chi connectivity index (χ2n) is 3.82. The highest BCUT2D eigenvalue weighted by atomic mass is 15.1. The number of hydrogen-bond donors (Lipinski definition) is 0. The molecule has 76 valence electrons. The Labute approximate surface area is 89.0 Å². The lowest BCUT2D eigenvalue weighted by molar-refractivity contribution is 0.594. The molecule has 0 aliphatic rings. The maximum atomic E-state index is 8.75. The van der Waals surface area contributed by atoms with E-state index in [-0.39, 0.29) is 0 Å². The summed E-state index contributed by atoms with van der Waals surface area (Å²) in [5.41, 5.74) is 2.08. The fraction of sp³-hybridized carbons (Fsp3) is 0.333. The number of benzene rings is 1. The Balaban J connectivity index is 2.70. The smallest absolute Gasteiger partial charge is 0.124 e. The van der Waals surface area contributed by atoms with Gasteiger partial charge in [-0.2, -0.15) is 5.26 Å². The average molecular weight is 199 g/mol. The van der Waals surface area contributed by atoms with Crippen LogP contribution in [0.4, 0.5) is 0 Å². The van der Waals surface area contributed by atoms with Crippen LogP contribution in [0.15, 0.2) is 24.3 Å². The van der Waals surface area contributed by atoms with Crippen LogP contribution < -0.4 is 0 Å². The Hall–Kier alpha value is -1.82. The summed E-state index contributed by atoms with van der Waals surface area (Å²) in [7, 11) is 0. The Morgan fingerprint density at radius 3 is 2.80 bits per heavy atom. The first-order chi connectivity index (χ1) is 7.24. The Morgan fingerprint density at radius 1 is 1.40 bits per heavy atom. The van der Waals surface area contributed by atoms with E-state index >= 15 is 0 Å². The highest BCUT2D eigenvalue weighted by molar-refractivity contribution is 5.76. The minimum absolute atomic E-state index is 0.334. The summed E-state index contributed by atoms with van der Waals surface area (Å²) in [4.78, 5) is 4.46. The molecule has 15 heavy (non-hydrogen) atoms. The Bertz CT molecular complexity index is 517. The van der Waals surface area contributed by atoms with Crippen LogP contribution in [0.1, 0.15) is 25.7 Å². The van der Waals surface area contributed by atoms with Gasteiger partial charge < -0.3 is 4.57 Å². The summed E-state index contributed by atoms with van der Waals surface area (Å²) in [6, 6.07) is 10.5. The summed E-state index contributed by atoms with van der Waals surface area (Å²) in [5, 5.41) is 8.75. The normalized spacial score (nSPS) is 10.8. The molecule has 3 heteroatoms. The molecule has 0 saturated carbocycles. The highest BCUT2D eigenvalue weighted by Crippen LogP contribution is 2.20. The molecule has 0 bridgehead atoms. The summed E-state index contributed by atoms with van der Waals surface area (Å²) in [5.74, 6) is 0.855. The molecular formula is C12H13N3. The number of rotatable bonds is 2. The van der Waals surface area contributed by atoms with Crippen molar-refractivity contribution in [3.05, 3.63) is 30.1 Å². The first-order valence-electron chi connectivity index (χ1n) is 5.07. The van der Waals surface area contributed by atoms with Crippen molar-refractivity contribution in [2.45, 2.75) is 26.3 Å². The van der Waals surface area contributed by atoms with E-state index in [1.165, 1.54) is 0 Å². The van der Waals surface area contributed by atoms with Gasteiger partial charge in [0, 0.05) is 6.04 Å². The summed E-state index contributed by atoms with van der Waals surface area (Å²) >= 11 is 0. The van der Waals surface area contributed by atoms with Gasteiger partial charge in [-0.1, -0.05) is 12.1 Å². The molecule has 0 N–H and O–H groups in total. The van der Waals surface area contributed by atoms with Gasteiger partial charge in [-0.15, -0.1) is 0 Å². The third kappa shape index (κ3) is 1.59. The lowest BCUT2D eigenvalue weighted by Gasteiger charge is -2.10. The minimum Gasteiger partial charge on any atom is -0.325 e. The summed E-state index contributed by atoms with van der Waals surface area (Å²) in [6.45, 7) is 4.21. The molecule has 2 aromatic rings. The third-order valence-corrected chi connectivity index (χ3v) is 2.42. The molecular weight excluding hydrogens is 186 g/mol. The molecule has 0 atom stereocenters. The maximum Gasteiger partial charge on any atom is 0.124 e. The molecule has 0 saturated heterocycles. The number of nitriles is 1. The van der Waals surface area contributed by atoms with Gasteiger partial charge in [0.25, 0.3) is 0 Å². The van der Waals surface area contributed by atoms with E-state index in [0.29, 0.717) is 12.5 Å². The first-order valence-corrected chi connectivity index (χ1v) is 5.07. The predicted molar refractivity (Wildman–Crippen MR) is 59.4 cm³/mol. The maximum absolute atomic E-state index is 8.75. The van der Waals surface area contributed by atoms with E-state index in [0.717, 1.165) is 16.9 Å². The van der Waals surface area contributed by atoms with E-state index in [4.69, 9.17) is 5.26 Å². The van der Waals surface area contributed by atoms with Crippen molar-refractivity contribution in [3.8, 4) is 6.07 Å². The molecule has 0 spiro atoms. The molecule has 0 amide bonds. The van der Waals surface area contributed by atoms with Crippen molar-refractivity contribution >= 4 is 11.0 Å². The molecule has 3 nitrogen and oxygen atoms in total. The van der Waals surface area contributed by atoms with Gasteiger partial charge in [-0.3, -0.25) is 0 Å². The van der Waals surface area contributed by atoms with Crippen molar-refractivity contribution in [1.82, 2.24) is 9.55 Å². The van der Waals surface area contributed by atoms with Crippen molar-refractivity contribution < 1.29 is 0 Å². The molecule has 1 aromatic carbocycles. The van der Waals surface area contributed by atoms with Gasteiger partial charge in [-0.25, -0.2) is 4.98 Å². The minimum atomic E-state index is 0.334. The largest absolute Gasteiger partial charge is 0.325 e. The van der Waals surface area contributed by atoms with Gasteiger partial charge >= 0.3 is 0 Å². The zero-order valence-corrected chi connectivity index (χ0v) is 8.94. The van der Waals surface area contributed by atoms with Crippen LogP contribution in [0.5, 0.6) is 0 Å². The van der Waals surface area contributed by atoms with Gasteiger partial charge in [0.1, 0.15) is 5.82 Å². The molecule has 0 aliphatic carbocycles. The van der Waals surface area contributed by atoms with Gasteiger partial charge in [0.15, 0.2) is 0 Å². The monoisotopic (exact) mass is 199 g/mol. The van der Waals surface area contributed by atoms with Crippen molar-refractivity contribution in [2.24, 2.45) is 0 Å². The van der Waals surface area contributed by atoms with Crippen LogP contribution in [0.25, 0.3) is 11.0 Å². The van der Waals surface area contributed by atoms with E-state index in [9.17, 15) is 0 Å². The molecule has 0 aliphatic heterocycles. The van der Waals surface area contributed by atoms with Crippen LogP contribution >= 0.6 is 0 Å². The molecule has 0 fully saturated rings. The number of hydrogen-bond acceptors (Lipinski definition) is 2. The highest BCUT2D eigenvalue weighted by Gasteiger charge is 2.11. The lowest BCUT2D eigenvalue weighted by Crippen LogP contribution is -2.05. The fourth-order valence-corrected chi connectivity index (χ4v) is 1.87. The standard InChI is InChI=1S/C12H13N3/c1-9(2)15-11-6-4-3-5-10(11)14-12(15)7-8-13/h3-6,9H,7H2,1-2H3. The van der Waals surface area contributed by atoms with Crippen LogP contribution in [0.2, 0.25) is 0 Å². The molecule has 1 aromatic heterocycles. The molecule has 0 unspecified atom stereocenters. The topological polar surface area (TPSA) is 41.6 Å². The average Bonchev–Trinajstić information content (AvgIpc) is 2.56. The van der Waals surface area contributed by atoms with Crippen molar-refractivity contribution in [2.75, 3.05) is 0 Å². The number of fused-ring (bicyclic) bond motifs is 1. The Kier molecular flexibility index (Phi) is 2.42. The Morgan fingerprint density at radius 2 is 2.13 bits per heavy atom. The molecule has 0 radical (unpaired) electrons. The SMILES string of the molecule is CC(C)n1c(CC#N)nc2ccccc21. The van der Waals surface area contributed by atoms with Gasteiger partial charge in [-0.05, 0) is 26.0 Å². The zero-order chi connectivity index (χ0) is 10.8. The van der Waals surface area contributed by atoms with Crippen LogP contribution in [0.3, 0.4) is 0 Å². The van der Waals surface area contributed by atoms with Crippen molar-refractivity contribution in [1.29, 1.82) is 5.26 Å². The second-order valence-corrected chi connectivity index (χ2v) is 3.82. The predicted octanol–water partition coefficient (Wildman–Crippen LogP) is 2.68. The quantitative estimate of drug-likeness (QED) is 0.746. The third-order valence-electron chi connectivity index (χ3n) is 2.42. The fourth-order valence-electron chi connectivity index (χ4n) is 1.87. The summed E-state index contributed by atoms with van der Waals surface area (Å²) in [6.07, 6.45) is 0.368. The second kappa shape index (κ2) is 3.74. The zero-order valence-electron chi connectivity index (χ0n) is 8.94. The first kappa shape index (κ1) is 9.72.